The highest BCUT2D eigenvalue weighted by Gasteiger charge is 2.08. The maximum atomic E-state index is 11.0. The van der Waals surface area contributed by atoms with Crippen LogP contribution in [-0.4, -0.2) is 17.6 Å². The van der Waals surface area contributed by atoms with Crippen molar-refractivity contribution in [2.75, 3.05) is 6.54 Å². The minimum absolute atomic E-state index is 0.282. The number of azide groups is 1. The second-order valence-corrected chi connectivity index (χ2v) is 3.49. The normalized spacial score (nSPS) is 10.2. The summed E-state index contributed by atoms with van der Waals surface area (Å²) in [5.74, 6) is -0.941. The van der Waals surface area contributed by atoms with E-state index in [9.17, 15) is 4.79 Å². The van der Waals surface area contributed by atoms with Crippen LogP contribution in [0.4, 0.5) is 0 Å². The van der Waals surface area contributed by atoms with Crippen molar-refractivity contribution in [3.05, 3.63) is 51.4 Å². The fraction of sp³-hybridized carbons (Fsp3) is 0.250. The number of rotatable bonds is 5. The first-order chi connectivity index (χ1) is 8.16. The van der Waals surface area contributed by atoms with Crippen LogP contribution in [0.3, 0.4) is 0 Å². The summed E-state index contributed by atoms with van der Waals surface area (Å²) in [6.45, 7) is 2.24. The first kappa shape index (κ1) is 12.8. The van der Waals surface area contributed by atoms with Crippen LogP contribution in [0.25, 0.3) is 16.5 Å². The molecule has 0 heterocycles. The van der Waals surface area contributed by atoms with Gasteiger partial charge in [0.15, 0.2) is 0 Å². The van der Waals surface area contributed by atoms with Crippen molar-refractivity contribution in [3.8, 4) is 0 Å². The molecule has 5 nitrogen and oxygen atoms in total. The molecule has 0 spiro atoms. The predicted octanol–water partition coefficient (Wildman–Crippen LogP) is 3.41. The molecular formula is C12H13N3O2. The summed E-state index contributed by atoms with van der Waals surface area (Å²) in [7, 11) is 0. The lowest BCUT2D eigenvalue weighted by atomic mass is 10.0. The van der Waals surface area contributed by atoms with Crippen LogP contribution >= 0.6 is 0 Å². The van der Waals surface area contributed by atoms with Gasteiger partial charge in [0.05, 0.1) is 5.56 Å². The van der Waals surface area contributed by atoms with Crippen LogP contribution in [0.5, 0.6) is 0 Å². The molecular weight excluding hydrogens is 218 g/mol. The standard InChI is InChI=1S/C12H13N3O2/c1-9-5-4-7-11(12(16)17)10(9)6-2-3-8-14-15-13/h2,4-7H,3,8H2,1H3,(H,16,17). The fourth-order valence-corrected chi connectivity index (χ4v) is 1.47. The zero-order valence-electron chi connectivity index (χ0n) is 9.50. The molecule has 0 amide bonds. The van der Waals surface area contributed by atoms with E-state index in [1.165, 1.54) is 0 Å². The van der Waals surface area contributed by atoms with Gasteiger partial charge in [-0.15, -0.1) is 0 Å². The molecule has 0 atom stereocenters. The van der Waals surface area contributed by atoms with E-state index in [-0.39, 0.29) is 5.56 Å². The summed E-state index contributed by atoms with van der Waals surface area (Å²) in [6, 6.07) is 5.15. The van der Waals surface area contributed by atoms with Gasteiger partial charge in [0, 0.05) is 11.5 Å². The van der Waals surface area contributed by atoms with Gasteiger partial charge in [0.1, 0.15) is 0 Å². The minimum Gasteiger partial charge on any atom is -0.478 e. The number of carbonyl (C=O) groups is 1. The third kappa shape index (κ3) is 3.66. The van der Waals surface area contributed by atoms with E-state index in [4.69, 9.17) is 10.6 Å². The second kappa shape index (κ2) is 6.35. The van der Waals surface area contributed by atoms with Crippen molar-refractivity contribution in [1.82, 2.24) is 0 Å². The molecule has 0 unspecified atom stereocenters. The monoisotopic (exact) mass is 231 g/mol. The number of carboxylic acid groups (broad SMARTS) is 1. The summed E-state index contributed by atoms with van der Waals surface area (Å²) in [5, 5.41) is 12.4. The summed E-state index contributed by atoms with van der Waals surface area (Å²) in [6.07, 6.45) is 4.16. The van der Waals surface area contributed by atoms with E-state index in [2.05, 4.69) is 10.0 Å². The van der Waals surface area contributed by atoms with Crippen LogP contribution in [-0.2, 0) is 0 Å². The van der Waals surface area contributed by atoms with E-state index < -0.39 is 5.97 Å². The molecule has 17 heavy (non-hydrogen) atoms. The molecule has 5 heteroatoms. The third-order valence-corrected chi connectivity index (χ3v) is 2.30. The highest BCUT2D eigenvalue weighted by atomic mass is 16.4. The molecule has 0 aliphatic rings. The van der Waals surface area contributed by atoms with Crippen LogP contribution < -0.4 is 0 Å². The maximum Gasteiger partial charge on any atom is 0.336 e. The van der Waals surface area contributed by atoms with Gasteiger partial charge in [-0.25, -0.2) is 4.79 Å². The molecule has 0 aliphatic carbocycles. The van der Waals surface area contributed by atoms with Crippen LogP contribution in [0.1, 0.15) is 27.9 Å². The van der Waals surface area contributed by atoms with E-state index >= 15 is 0 Å². The molecule has 1 rings (SSSR count). The van der Waals surface area contributed by atoms with Gasteiger partial charge in [-0.1, -0.05) is 29.4 Å². The molecule has 1 aromatic rings. The molecule has 0 fully saturated rings. The van der Waals surface area contributed by atoms with Gasteiger partial charge < -0.3 is 5.11 Å². The SMILES string of the molecule is Cc1cccc(C(=O)O)c1C=CCCN=[N+]=[N-]. The third-order valence-electron chi connectivity index (χ3n) is 2.30. The molecule has 0 saturated heterocycles. The summed E-state index contributed by atoms with van der Waals surface area (Å²) in [4.78, 5) is 13.6. The van der Waals surface area contributed by atoms with Crippen molar-refractivity contribution in [2.24, 2.45) is 5.11 Å². The Kier molecular flexibility index (Phi) is 4.78. The van der Waals surface area contributed by atoms with Crippen molar-refractivity contribution in [1.29, 1.82) is 0 Å². The van der Waals surface area contributed by atoms with E-state index in [0.29, 0.717) is 18.5 Å². The van der Waals surface area contributed by atoms with E-state index in [1.807, 2.05) is 19.1 Å². The minimum atomic E-state index is -0.941. The number of aromatic carboxylic acids is 1. The number of hydrogen-bond donors (Lipinski definition) is 1. The lowest BCUT2D eigenvalue weighted by Gasteiger charge is -2.04. The van der Waals surface area contributed by atoms with Gasteiger partial charge in [0.25, 0.3) is 0 Å². The Balaban J connectivity index is 2.89. The molecule has 0 saturated carbocycles. The fourth-order valence-electron chi connectivity index (χ4n) is 1.47. The van der Waals surface area contributed by atoms with Gasteiger partial charge in [0.2, 0.25) is 0 Å². The number of nitrogens with zero attached hydrogens (tertiary/aromatic N) is 3. The Bertz CT molecular complexity index is 489. The Morgan fingerprint density at radius 1 is 1.59 bits per heavy atom. The van der Waals surface area contributed by atoms with E-state index in [0.717, 1.165) is 5.56 Å². The first-order valence-corrected chi connectivity index (χ1v) is 5.17. The summed E-state index contributed by atoms with van der Waals surface area (Å²) in [5.41, 5.74) is 9.99. The molecule has 0 bridgehead atoms. The Morgan fingerprint density at radius 3 is 3.00 bits per heavy atom. The van der Waals surface area contributed by atoms with Gasteiger partial charge in [-0.2, -0.15) is 0 Å². The smallest absolute Gasteiger partial charge is 0.336 e. The zero-order valence-corrected chi connectivity index (χ0v) is 9.50. The van der Waals surface area contributed by atoms with Crippen molar-refractivity contribution < 1.29 is 9.90 Å². The molecule has 88 valence electrons. The van der Waals surface area contributed by atoms with Crippen molar-refractivity contribution in [3.63, 3.8) is 0 Å². The predicted molar refractivity (Wildman–Crippen MR) is 65.8 cm³/mol. The average molecular weight is 231 g/mol. The molecule has 0 radical (unpaired) electrons. The van der Waals surface area contributed by atoms with Crippen molar-refractivity contribution in [2.45, 2.75) is 13.3 Å². The number of aryl methyl sites for hydroxylation is 1. The largest absolute Gasteiger partial charge is 0.478 e. The highest BCUT2D eigenvalue weighted by molar-refractivity contribution is 5.92. The van der Waals surface area contributed by atoms with Crippen LogP contribution in [0.15, 0.2) is 29.4 Å². The average Bonchev–Trinajstić information content (AvgIpc) is 2.30. The van der Waals surface area contributed by atoms with Gasteiger partial charge in [-0.3, -0.25) is 0 Å². The number of carboxylic acids is 1. The molecule has 0 aromatic heterocycles. The van der Waals surface area contributed by atoms with Gasteiger partial charge >= 0.3 is 5.97 Å². The van der Waals surface area contributed by atoms with Crippen LogP contribution in [0, 0.1) is 6.92 Å². The maximum absolute atomic E-state index is 11.0. The topological polar surface area (TPSA) is 86.1 Å². The van der Waals surface area contributed by atoms with E-state index in [1.54, 1.807) is 18.2 Å². The second-order valence-electron chi connectivity index (χ2n) is 3.49. The summed E-state index contributed by atoms with van der Waals surface area (Å²) >= 11 is 0. The molecule has 1 aromatic carbocycles. The lowest BCUT2D eigenvalue weighted by molar-refractivity contribution is 0.0696. The first-order valence-electron chi connectivity index (χ1n) is 5.17. The Hall–Kier alpha value is -2.26. The lowest BCUT2D eigenvalue weighted by Crippen LogP contribution is -2.00. The molecule has 0 aliphatic heterocycles. The van der Waals surface area contributed by atoms with Crippen LogP contribution in [0.2, 0.25) is 0 Å². The zero-order chi connectivity index (χ0) is 12.7. The van der Waals surface area contributed by atoms with Crippen molar-refractivity contribution >= 4 is 12.0 Å². The molecule has 1 N–H and O–H groups in total. The Labute approximate surface area is 99.0 Å². The van der Waals surface area contributed by atoms with Gasteiger partial charge in [-0.05, 0) is 36.1 Å². The number of benzene rings is 1. The highest BCUT2D eigenvalue weighted by Crippen LogP contribution is 2.16. The summed E-state index contributed by atoms with van der Waals surface area (Å²) < 4.78 is 0. The quantitative estimate of drug-likeness (QED) is 0.364. The number of hydrogen-bond acceptors (Lipinski definition) is 2. The Morgan fingerprint density at radius 2 is 2.35 bits per heavy atom.